The zero-order valence-corrected chi connectivity index (χ0v) is 22.5. The number of carbonyl (C=O) groups excluding carboxylic acids is 1. The molecule has 0 spiro atoms. The molecule has 15 heteroatoms. The van der Waals surface area contributed by atoms with Gasteiger partial charge in [-0.3, -0.25) is 9.78 Å². The fraction of sp³-hybridized carbons (Fsp3) is 0.417. The van der Waals surface area contributed by atoms with Gasteiger partial charge in [0.15, 0.2) is 15.5 Å². The molecule has 1 atom stereocenters. The molecule has 2 saturated heterocycles. The molecule has 9 nitrogen and oxygen atoms in total. The van der Waals surface area contributed by atoms with Gasteiger partial charge in [-0.2, -0.15) is 13.2 Å². The summed E-state index contributed by atoms with van der Waals surface area (Å²) in [6.07, 6.45) is -2.83. The van der Waals surface area contributed by atoms with E-state index in [2.05, 4.69) is 15.3 Å². The summed E-state index contributed by atoms with van der Waals surface area (Å²) >= 11 is 6.53. The number of alkyl halides is 3. The molecule has 0 bridgehead atoms. The number of nitrogens with one attached hydrogen (secondary N) is 2. The molecule has 39 heavy (non-hydrogen) atoms. The molecule has 3 heterocycles. The monoisotopic (exact) mass is 588 g/mol. The molecule has 1 aromatic heterocycles. The fourth-order valence-electron chi connectivity index (χ4n) is 4.63. The highest BCUT2D eigenvalue weighted by atomic mass is 35.5. The number of likely N-dealkylation sites (tertiary alicyclic amines) is 1. The predicted octanol–water partition coefficient (Wildman–Crippen LogP) is 3.41. The van der Waals surface area contributed by atoms with Crippen molar-refractivity contribution in [3.8, 4) is 0 Å². The summed E-state index contributed by atoms with van der Waals surface area (Å²) in [7, 11) is -1.71. The second-order valence-corrected chi connectivity index (χ2v) is 11.8. The SMILES string of the molecule is CN/C(=C1/CCN(C(=O)c2cc(F)cc(N3CCS(=O)(=O)CC3)c2Cl)[C@H](C)C1=N)c1cncc(C(F)(F)F)n1. The average molecular weight is 589 g/mol. The van der Waals surface area contributed by atoms with Gasteiger partial charge in [0.05, 0.1) is 57.6 Å². The molecule has 1 aromatic carbocycles. The summed E-state index contributed by atoms with van der Waals surface area (Å²) in [5, 5.41) is 11.5. The number of anilines is 1. The molecule has 2 aromatic rings. The van der Waals surface area contributed by atoms with Crippen LogP contribution in [-0.4, -0.2) is 79.1 Å². The standard InChI is InChI=1S/C24H25ClF4N6O3S/c1-13-21(30)15(22(31-2)17-11-32-12-19(33-17)24(27,28)29)3-4-35(13)23(36)16-9-14(26)10-18(20(16)25)34-5-7-39(37,38)8-6-34/h9-13,30-31H,3-8H2,1-2H3/b22-15-,30-21?/t13-/m1/s1. The topological polar surface area (TPSA) is 119 Å². The number of rotatable bonds is 4. The number of hydrogen-bond acceptors (Lipinski definition) is 8. The number of sulfone groups is 1. The smallest absolute Gasteiger partial charge is 0.386 e. The van der Waals surface area contributed by atoms with E-state index in [4.69, 9.17) is 17.0 Å². The Balaban J connectivity index is 1.63. The number of hydrogen-bond donors (Lipinski definition) is 2. The minimum atomic E-state index is -4.70. The molecule has 0 radical (unpaired) electrons. The lowest BCUT2D eigenvalue weighted by atomic mass is 9.91. The van der Waals surface area contributed by atoms with Gasteiger partial charge in [0, 0.05) is 32.3 Å². The highest BCUT2D eigenvalue weighted by Crippen LogP contribution is 2.35. The van der Waals surface area contributed by atoms with Gasteiger partial charge in [0.25, 0.3) is 5.91 Å². The van der Waals surface area contributed by atoms with Crippen LogP contribution in [0.3, 0.4) is 0 Å². The number of halogens is 5. The predicted molar refractivity (Wildman–Crippen MR) is 138 cm³/mol. The third-order valence-electron chi connectivity index (χ3n) is 6.74. The molecule has 2 N–H and O–H groups in total. The first kappa shape index (κ1) is 28.7. The van der Waals surface area contributed by atoms with Crippen LogP contribution in [0.2, 0.25) is 5.02 Å². The number of aromatic nitrogens is 2. The maximum Gasteiger partial charge on any atom is 0.434 e. The maximum atomic E-state index is 14.6. The van der Waals surface area contributed by atoms with E-state index in [-0.39, 0.29) is 70.9 Å². The molecule has 0 unspecified atom stereocenters. The summed E-state index contributed by atoms with van der Waals surface area (Å²) < 4.78 is 77.7. The quantitative estimate of drug-likeness (QED) is 0.525. The molecule has 210 valence electrons. The molecule has 0 aliphatic carbocycles. The summed E-state index contributed by atoms with van der Waals surface area (Å²) in [6, 6.07) is 1.31. The third-order valence-corrected chi connectivity index (χ3v) is 8.75. The molecule has 4 rings (SSSR count). The first-order chi connectivity index (χ1) is 18.2. The van der Waals surface area contributed by atoms with Crippen molar-refractivity contribution < 1.29 is 30.8 Å². The number of amides is 1. The van der Waals surface area contributed by atoms with Gasteiger partial charge in [-0.1, -0.05) is 11.6 Å². The Bertz CT molecular complexity index is 1450. The Morgan fingerprint density at radius 2 is 1.85 bits per heavy atom. The molecule has 2 aliphatic rings. The normalized spacial score (nSPS) is 21.1. The minimum Gasteiger partial charge on any atom is -0.386 e. The minimum absolute atomic E-state index is 0.0316. The Labute approximate surface area is 227 Å². The summed E-state index contributed by atoms with van der Waals surface area (Å²) in [4.78, 5) is 23.8. The van der Waals surface area contributed by atoms with Crippen molar-refractivity contribution in [3.05, 3.63) is 57.9 Å². The van der Waals surface area contributed by atoms with Crippen molar-refractivity contribution in [1.82, 2.24) is 20.2 Å². The zero-order valence-electron chi connectivity index (χ0n) is 20.9. The van der Waals surface area contributed by atoms with E-state index >= 15 is 0 Å². The highest BCUT2D eigenvalue weighted by molar-refractivity contribution is 7.91. The number of carbonyl (C=O) groups is 1. The lowest BCUT2D eigenvalue weighted by Crippen LogP contribution is -2.48. The van der Waals surface area contributed by atoms with E-state index in [0.29, 0.717) is 11.8 Å². The largest absolute Gasteiger partial charge is 0.434 e. The van der Waals surface area contributed by atoms with E-state index in [1.165, 1.54) is 11.9 Å². The lowest BCUT2D eigenvalue weighted by Gasteiger charge is -2.37. The lowest BCUT2D eigenvalue weighted by molar-refractivity contribution is -0.141. The van der Waals surface area contributed by atoms with Gasteiger partial charge in [-0.15, -0.1) is 0 Å². The van der Waals surface area contributed by atoms with E-state index < -0.39 is 39.5 Å². The number of piperidine rings is 1. The van der Waals surface area contributed by atoms with Crippen molar-refractivity contribution in [2.45, 2.75) is 25.6 Å². The summed E-state index contributed by atoms with van der Waals surface area (Å²) in [5.74, 6) is -1.61. The second kappa shape index (κ2) is 10.7. The molecule has 2 aliphatic heterocycles. The van der Waals surface area contributed by atoms with E-state index in [9.17, 15) is 30.8 Å². The molecular weight excluding hydrogens is 564 g/mol. The first-order valence-corrected chi connectivity index (χ1v) is 14.1. The van der Waals surface area contributed by atoms with Gasteiger partial charge in [0.2, 0.25) is 0 Å². The van der Waals surface area contributed by atoms with E-state index in [1.807, 2.05) is 0 Å². The Kier molecular flexibility index (Phi) is 7.90. The van der Waals surface area contributed by atoms with Gasteiger partial charge in [-0.25, -0.2) is 17.8 Å². The molecule has 1 amide bonds. The van der Waals surface area contributed by atoms with Crippen LogP contribution in [0.5, 0.6) is 0 Å². The van der Waals surface area contributed by atoms with Crippen LogP contribution in [0.15, 0.2) is 30.1 Å². The highest BCUT2D eigenvalue weighted by Gasteiger charge is 2.36. The number of benzene rings is 1. The van der Waals surface area contributed by atoms with Crippen LogP contribution >= 0.6 is 11.6 Å². The summed E-state index contributed by atoms with van der Waals surface area (Å²) in [5.41, 5.74) is -0.691. The molecule has 2 fully saturated rings. The second-order valence-electron chi connectivity index (χ2n) is 9.15. The zero-order chi connectivity index (χ0) is 28.7. The van der Waals surface area contributed by atoms with Gasteiger partial charge < -0.3 is 20.5 Å². The first-order valence-electron chi connectivity index (χ1n) is 11.9. The maximum absolute atomic E-state index is 14.6. The Hall–Kier alpha value is -3.26. The molecular formula is C24H25ClF4N6O3S. The number of nitrogens with zero attached hydrogens (tertiary/aromatic N) is 4. The van der Waals surface area contributed by atoms with E-state index in [1.54, 1.807) is 11.8 Å². The third kappa shape index (κ3) is 5.86. The van der Waals surface area contributed by atoms with Crippen LogP contribution in [0.25, 0.3) is 5.70 Å². The van der Waals surface area contributed by atoms with Crippen LogP contribution in [-0.2, 0) is 16.0 Å². The summed E-state index contributed by atoms with van der Waals surface area (Å²) in [6.45, 7) is 1.85. The van der Waals surface area contributed by atoms with Crippen molar-refractivity contribution >= 4 is 44.4 Å². The fourth-order valence-corrected chi connectivity index (χ4v) is 6.14. The molecule has 0 saturated carbocycles. The van der Waals surface area contributed by atoms with Crippen molar-refractivity contribution in [2.75, 3.05) is 43.1 Å². The van der Waals surface area contributed by atoms with Crippen LogP contribution in [0.1, 0.15) is 35.1 Å². The van der Waals surface area contributed by atoms with Crippen LogP contribution in [0, 0.1) is 11.2 Å². The Morgan fingerprint density at radius 3 is 2.46 bits per heavy atom. The van der Waals surface area contributed by atoms with Gasteiger partial charge in [-0.05, 0) is 25.5 Å². The van der Waals surface area contributed by atoms with Crippen LogP contribution < -0.4 is 10.2 Å². The average Bonchev–Trinajstić information content (AvgIpc) is 2.87. The van der Waals surface area contributed by atoms with Crippen LogP contribution in [0.4, 0.5) is 23.2 Å². The van der Waals surface area contributed by atoms with Gasteiger partial charge in [0.1, 0.15) is 11.5 Å². The van der Waals surface area contributed by atoms with Crippen molar-refractivity contribution in [2.24, 2.45) is 0 Å². The van der Waals surface area contributed by atoms with E-state index in [0.717, 1.165) is 18.3 Å². The van der Waals surface area contributed by atoms with Crippen molar-refractivity contribution in [1.29, 1.82) is 5.41 Å². The Morgan fingerprint density at radius 1 is 1.18 bits per heavy atom. The van der Waals surface area contributed by atoms with Crippen molar-refractivity contribution in [3.63, 3.8) is 0 Å². The van der Waals surface area contributed by atoms with Gasteiger partial charge >= 0.3 is 6.18 Å².